The number of carbonyl (C=O) groups excluding carboxylic acids is 2. The summed E-state index contributed by atoms with van der Waals surface area (Å²) in [6.07, 6.45) is 1.74. The zero-order chi connectivity index (χ0) is 18.7. The van der Waals surface area contributed by atoms with Gasteiger partial charge in [-0.05, 0) is 18.2 Å². The lowest BCUT2D eigenvalue weighted by atomic mass is 10.1. The smallest absolute Gasteiger partial charge is 0.340 e. The third-order valence-electron chi connectivity index (χ3n) is 3.78. The Morgan fingerprint density at radius 1 is 1.04 bits per heavy atom. The summed E-state index contributed by atoms with van der Waals surface area (Å²) in [5.74, 6) is -0.369. The maximum atomic E-state index is 12.6. The molecule has 1 aromatic carbocycles. The van der Waals surface area contributed by atoms with Gasteiger partial charge < -0.3 is 19.5 Å². The van der Waals surface area contributed by atoms with Crippen LogP contribution in [0.5, 0.6) is 11.5 Å². The molecule has 2 aromatic heterocycles. The van der Waals surface area contributed by atoms with E-state index >= 15 is 0 Å². The third-order valence-corrected chi connectivity index (χ3v) is 3.78. The zero-order valence-electron chi connectivity index (χ0n) is 14.5. The van der Waals surface area contributed by atoms with Crippen molar-refractivity contribution >= 4 is 23.1 Å². The second-order valence-corrected chi connectivity index (χ2v) is 5.30. The fraction of sp³-hybridized carbons (Fsp3) is 0.167. The van der Waals surface area contributed by atoms with Gasteiger partial charge in [0, 0.05) is 18.3 Å². The molecule has 0 atom stereocenters. The number of ether oxygens (including phenoxy) is 3. The third kappa shape index (κ3) is 3.16. The van der Waals surface area contributed by atoms with Gasteiger partial charge in [-0.25, -0.2) is 9.31 Å². The lowest BCUT2D eigenvalue weighted by Gasteiger charge is -2.14. The minimum absolute atomic E-state index is 0.141. The molecule has 8 nitrogen and oxygen atoms in total. The Labute approximate surface area is 149 Å². The number of rotatable bonds is 5. The van der Waals surface area contributed by atoms with Crippen molar-refractivity contribution < 1.29 is 23.8 Å². The number of benzene rings is 1. The number of amides is 1. The molecule has 0 fully saturated rings. The van der Waals surface area contributed by atoms with Crippen molar-refractivity contribution in [3.8, 4) is 11.5 Å². The van der Waals surface area contributed by atoms with E-state index in [0.29, 0.717) is 11.5 Å². The predicted molar refractivity (Wildman–Crippen MR) is 94.0 cm³/mol. The van der Waals surface area contributed by atoms with Crippen LogP contribution in [0.15, 0.2) is 42.6 Å². The number of esters is 1. The predicted octanol–water partition coefficient (Wildman–Crippen LogP) is 2.39. The van der Waals surface area contributed by atoms with Crippen molar-refractivity contribution in [2.24, 2.45) is 0 Å². The van der Waals surface area contributed by atoms with Gasteiger partial charge in [-0.2, -0.15) is 5.10 Å². The lowest BCUT2D eigenvalue weighted by Crippen LogP contribution is -2.16. The number of methoxy groups -OCH3 is 3. The summed E-state index contributed by atoms with van der Waals surface area (Å²) in [7, 11) is 4.17. The molecule has 0 saturated carbocycles. The number of pyridine rings is 1. The molecule has 8 heteroatoms. The van der Waals surface area contributed by atoms with E-state index in [1.807, 2.05) is 18.2 Å². The summed E-state index contributed by atoms with van der Waals surface area (Å²) in [4.78, 5) is 24.7. The SMILES string of the molecule is COC(=O)c1cc(OC)c(OC)cc1NC(=O)c1cc2ccccn2n1. The highest BCUT2D eigenvalue weighted by molar-refractivity contribution is 6.08. The van der Waals surface area contributed by atoms with E-state index in [1.165, 1.54) is 33.5 Å². The molecule has 0 aliphatic heterocycles. The fourth-order valence-electron chi connectivity index (χ4n) is 2.50. The van der Waals surface area contributed by atoms with Crippen LogP contribution in [0.2, 0.25) is 0 Å². The van der Waals surface area contributed by atoms with Crippen molar-refractivity contribution in [1.29, 1.82) is 0 Å². The number of nitrogens with one attached hydrogen (secondary N) is 1. The van der Waals surface area contributed by atoms with Crippen LogP contribution in [0.25, 0.3) is 5.52 Å². The van der Waals surface area contributed by atoms with Gasteiger partial charge in [0.05, 0.1) is 38.1 Å². The Kier molecular flexibility index (Phi) is 4.74. The monoisotopic (exact) mass is 355 g/mol. The average Bonchev–Trinajstić information content (AvgIpc) is 3.11. The van der Waals surface area contributed by atoms with Crippen molar-refractivity contribution in [3.63, 3.8) is 0 Å². The van der Waals surface area contributed by atoms with E-state index in [1.54, 1.807) is 16.8 Å². The first-order valence-corrected chi connectivity index (χ1v) is 7.67. The van der Waals surface area contributed by atoms with Gasteiger partial charge in [-0.1, -0.05) is 6.07 Å². The quantitative estimate of drug-likeness (QED) is 0.707. The van der Waals surface area contributed by atoms with Crippen molar-refractivity contribution in [2.75, 3.05) is 26.6 Å². The lowest BCUT2D eigenvalue weighted by molar-refractivity contribution is 0.0601. The normalized spacial score (nSPS) is 10.4. The standard InChI is InChI=1S/C18H17N3O5/c1-24-15-9-12(18(23)26-3)13(10-16(15)25-2)19-17(22)14-8-11-6-4-5-7-21(11)20-14/h4-10H,1-3H3,(H,19,22). The Morgan fingerprint density at radius 2 is 1.77 bits per heavy atom. The number of aromatic nitrogens is 2. The van der Waals surface area contributed by atoms with Gasteiger partial charge in [-0.3, -0.25) is 4.79 Å². The first-order valence-electron chi connectivity index (χ1n) is 7.67. The maximum absolute atomic E-state index is 12.6. The van der Waals surface area contributed by atoms with E-state index < -0.39 is 11.9 Å². The number of hydrogen-bond acceptors (Lipinski definition) is 6. The molecule has 3 aromatic rings. The number of hydrogen-bond donors (Lipinski definition) is 1. The van der Waals surface area contributed by atoms with Gasteiger partial charge in [0.2, 0.25) is 0 Å². The Morgan fingerprint density at radius 3 is 2.42 bits per heavy atom. The van der Waals surface area contributed by atoms with Crippen molar-refractivity contribution in [2.45, 2.75) is 0 Å². The zero-order valence-corrected chi connectivity index (χ0v) is 14.5. The van der Waals surface area contributed by atoms with Crippen LogP contribution in [0.1, 0.15) is 20.8 Å². The molecule has 0 unspecified atom stereocenters. The van der Waals surface area contributed by atoms with Crippen LogP contribution >= 0.6 is 0 Å². The van der Waals surface area contributed by atoms with Gasteiger partial charge in [0.25, 0.3) is 5.91 Å². The first kappa shape index (κ1) is 17.3. The molecule has 0 spiro atoms. The molecule has 0 bridgehead atoms. The summed E-state index contributed by atoms with van der Waals surface area (Å²) in [6, 6.07) is 10.1. The van der Waals surface area contributed by atoms with E-state index in [9.17, 15) is 9.59 Å². The molecule has 0 saturated heterocycles. The Bertz CT molecular complexity index is 947. The average molecular weight is 355 g/mol. The second kappa shape index (κ2) is 7.14. The van der Waals surface area contributed by atoms with Gasteiger partial charge >= 0.3 is 5.97 Å². The van der Waals surface area contributed by atoms with Gasteiger partial charge in [0.1, 0.15) is 0 Å². The summed E-state index contributed by atoms with van der Waals surface area (Å²) >= 11 is 0. The molecule has 0 aliphatic carbocycles. The minimum atomic E-state index is -0.615. The number of anilines is 1. The van der Waals surface area contributed by atoms with Crippen molar-refractivity contribution in [3.05, 3.63) is 53.9 Å². The number of fused-ring (bicyclic) bond motifs is 1. The molecule has 1 N–H and O–H groups in total. The van der Waals surface area contributed by atoms with Crippen LogP contribution in [0, 0.1) is 0 Å². The van der Waals surface area contributed by atoms with Crippen LogP contribution in [0.4, 0.5) is 5.69 Å². The molecule has 134 valence electrons. The molecule has 3 rings (SSSR count). The second-order valence-electron chi connectivity index (χ2n) is 5.30. The molecule has 1 amide bonds. The van der Waals surface area contributed by atoms with E-state index in [4.69, 9.17) is 14.2 Å². The highest BCUT2D eigenvalue weighted by Gasteiger charge is 2.20. The van der Waals surface area contributed by atoms with Crippen LogP contribution in [0.3, 0.4) is 0 Å². The minimum Gasteiger partial charge on any atom is -0.493 e. The number of nitrogens with zero attached hydrogens (tertiary/aromatic N) is 2. The molecule has 26 heavy (non-hydrogen) atoms. The molecule has 2 heterocycles. The van der Waals surface area contributed by atoms with Crippen molar-refractivity contribution in [1.82, 2.24) is 9.61 Å². The Balaban J connectivity index is 1.99. The van der Waals surface area contributed by atoms with E-state index in [2.05, 4.69) is 10.4 Å². The number of carbonyl (C=O) groups is 2. The van der Waals surface area contributed by atoms with Crippen LogP contribution in [-0.2, 0) is 4.74 Å². The first-order chi connectivity index (χ1) is 12.6. The topological polar surface area (TPSA) is 91.2 Å². The summed E-state index contributed by atoms with van der Waals surface area (Å²) < 4.78 is 16.8. The largest absolute Gasteiger partial charge is 0.493 e. The molecule has 0 radical (unpaired) electrons. The Hall–Kier alpha value is -3.55. The summed E-state index contributed by atoms with van der Waals surface area (Å²) in [5, 5.41) is 6.89. The summed E-state index contributed by atoms with van der Waals surface area (Å²) in [5.41, 5.74) is 1.36. The van der Waals surface area contributed by atoms with Crippen LogP contribution in [-0.4, -0.2) is 42.8 Å². The van der Waals surface area contributed by atoms with E-state index in [-0.39, 0.29) is 16.9 Å². The van der Waals surface area contributed by atoms with Gasteiger partial charge in [-0.15, -0.1) is 0 Å². The fourth-order valence-corrected chi connectivity index (χ4v) is 2.50. The highest BCUT2D eigenvalue weighted by Crippen LogP contribution is 2.34. The van der Waals surface area contributed by atoms with E-state index in [0.717, 1.165) is 5.52 Å². The van der Waals surface area contributed by atoms with Crippen LogP contribution < -0.4 is 14.8 Å². The summed E-state index contributed by atoms with van der Waals surface area (Å²) in [6.45, 7) is 0. The van der Waals surface area contributed by atoms with Gasteiger partial charge in [0.15, 0.2) is 17.2 Å². The maximum Gasteiger partial charge on any atom is 0.340 e. The molecular weight excluding hydrogens is 338 g/mol. The highest BCUT2D eigenvalue weighted by atomic mass is 16.5. The molecular formula is C18H17N3O5. The molecule has 0 aliphatic rings.